The summed E-state index contributed by atoms with van der Waals surface area (Å²) < 4.78 is 11.2. The molecule has 4 aliphatic rings. The fourth-order valence-electron chi connectivity index (χ4n) is 4.83. The molecule has 146 valence electrons. The molecule has 6 rings (SSSR count). The quantitative estimate of drug-likeness (QED) is 0.738. The zero-order valence-electron chi connectivity index (χ0n) is 15.7. The van der Waals surface area contributed by atoms with Gasteiger partial charge in [0.05, 0.1) is 24.8 Å². The maximum Gasteiger partial charge on any atom is 0.255 e. The molecule has 1 aliphatic heterocycles. The predicted octanol–water partition coefficient (Wildman–Crippen LogP) is 3.44. The fraction of sp³-hybridized carbons (Fsp3) is 0.476. The average Bonchev–Trinajstić information content (AvgIpc) is 3.43. The van der Waals surface area contributed by atoms with Gasteiger partial charge in [0.15, 0.2) is 0 Å². The molecule has 28 heavy (non-hydrogen) atoms. The number of rotatable bonds is 4. The highest BCUT2D eigenvalue weighted by Gasteiger charge is 2.57. The SMILES string of the molecule is COc1ccccc1-c1csc([C@H]2CN(C(=O)C34CCC(C3)C4)C(=O)CO2)n1. The summed E-state index contributed by atoms with van der Waals surface area (Å²) in [5.41, 5.74) is 1.44. The highest BCUT2D eigenvalue weighted by Crippen LogP contribution is 2.59. The number of morpholine rings is 1. The molecule has 0 radical (unpaired) electrons. The second-order valence-corrected chi connectivity index (χ2v) is 8.86. The largest absolute Gasteiger partial charge is 0.496 e. The molecule has 1 atom stereocenters. The number of benzene rings is 1. The Kier molecular flexibility index (Phi) is 4.25. The van der Waals surface area contributed by atoms with E-state index in [1.54, 1.807) is 7.11 Å². The van der Waals surface area contributed by atoms with Crippen LogP contribution in [0.2, 0.25) is 0 Å². The highest BCUT2D eigenvalue weighted by molar-refractivity contribution is 7.10. The molecule has 1 aromatic carbocycles. The molecule has 2 heterocycles. The molecule has 0 spiro atoms. The third kappa shape index (κ3) is 2.76. The van der Waals surface area contributed by atoms with Gasteiger partial charge in [0.25, 0.3) is 5.91 Å². The van der Waals surface area contributed by atoms with Gasteiger partial charge in [-0.2, -0.15) is 0 Å². The number of carbonyl (C=O) groups excluding carboxylic acids is 2. The van der Waals surface area contributed by atoms with Crippen molar-refractivity contribution in [3.63, 3.8) is 0 Å². The molecule has 2 aromatic rings. The first-order chi connectivity index (χ1) is 13.6. The number of imide groups is 1. The van der Waals surface area contributed by atoms with Crippen LogP contribution in [0.25, 0.3) is 11.3 Å². The molecule has 2 bridgehead atoms. The van der Waals surface area contributed by atoms with Crippen LogP contribution in [0, 0.1) is 11.3 Å². The highest BCUT2D eigenvalue weighted by atomic mass is 32.1. The third-order valence-corrected chi connectivity index (χ3v) is 7.26. The Morgan fingerprint density at radius 2 is 2.18 bits per heavy atom. The first-order valence-electron chi connectivity index (χ1n) is 9.65. The Balaban J connectivity index is 1.36. The Bertz CT molecular complexity index is 928. The molecule has 3 aliphatic carbocycles. The van der Waals surface area contributed by atoms with Crippen LogP contribution in [0.15, 0.2) is 29.6 Å². The van der Waals surface area contributed by atoms with Crippen LogP contribution in [-0.2, 0) is 14.3 Å². The molecular weight excluding hydrogens is 376 g/mol. The first-order valence-corrected chi connectivity index (χ1v) is 10.5. The summed E-state index contributed by atoms with van der Waals surface area (Å²) in [6, 6.07) is 7.73. The zero-order valence-corrected chi connectivity index (χ0v) is 16.5. The number of amides is 2. The van der Waals surface area contributed by atoms with Crippen LogP contribution in [0.5, 0.6) is 5.75 Å². The summed E-state index contributed by atoms with van der Waals surface area (Å²) in [6.07, 6.45) is 3.54. The van der Waals surface area contributed by atoms with Crippen molar-refractivity contribution in [2.24, 2.45) is 11.3 Å². The van der Waals surface area contributed by atoms with Crippen LogP contribution in [0.4, 0.5) is 0 Å². The minimum absolute atomic E-state index is 0.000980. The van der Waals surface area contributed by atoms with Gasteiger partial charge >= 0.3 is 0 Å². The van der Waals surface area contributed by atoms with Crippen LogP contribution < -0.4 is 4.74 Å². The van der Waals surface area contributed by atoms with Crippen molar-refractivity contribution in [1.82, 2.24) is 9.88 Å². The number of nitrogens with zero attached hydrogens (tertiary/aromatic N) is 2. The van der Waals surface area contributed by atoms with E-state index in [4.69, 9.17) is 14.5 Å². The normalized spacial score (nSPS) is 28.9. The molecule has 1 saturated heterocycles. The summed E-state index contributed by atoms with van der Waals surface area (Å²) in [7, 11) is 1.64. The summed E-state index contributed by atoms with van der Waals surface area (Å²) in [4.78, 5) is 31.6. The summed E-state index contributed by atoms with van der Waals surface area (Å²) in [5.74, 6) is 1.21. The van der Waals surface area contributed by atoms with Gasteiger partial charge in [-0.05, 0) is 43.7 Å². The molecule has 0 unspecified atom stereocenters. The predicted molar refractivity (Wildman–Crippen MR) is 104 cm³/mol. The summed E-state index contributed by atoms with van der Waals surface area (Å²) >= 11 is 1.49. The standard InChI is InChI=1S/C21H22N2O4S/c1-26-16-5-3-2-4-14(16)15-12-28-19(22-15)17-10-23(18(24)11-27-17)20(25)21-7-6-13(8-21)9-21/h2-5,12-13,17H,6-11H2,1H3/t13?,17-,21?/m1/s1. The van der Waals surface area contributed by atoms with Gasteiger partial charge in [-0.3, -0.25) is 14.5 Å². The molecule has 2 amide bonds. The van der Waals surface area contributed by atoms with E-state index in [-0.39, 0.29) is 36.5 Å². The van der Waals surface area contributed by atoms with Crippen LogP contribution >= 0.6 is 11.3 Å². The second-order valence-electron chi connectivity index (χ2n) is 7.97. The fourth-order valence-corrected chi connectivity index (χ4v) is 5.69. The number of carbonyl (C=O) groups is 2. The van der Waals surface area contributed by atoms with Crippen LogP contribution in [0.1, 0.15) is 36.8 Å². The molecule has 3 saturated carbocycles. The Morgan fingerprint density at radius 3 is 2.93 bits per heavy atom. The number of ether oxygens (including phenoxy) is 2. The van der Waals surface area contributed by atoms with E-state index in [1.165, 1.54) is 16.2 Å². The lowest BCUT2D eigenvalue weighted by Crippen LogP contribution is -2.53. The third-order valence-electron chi connectivity index (χ3n) is 6.33. The van der Waals surface area contributed by atoms with Crippen LogP contribution in [-0.4, -0.2) is 42.0 Å². The number of hydrogen-bond donors (Lipinski definition) is 0. The van der Waals surface area contributed by atoms with Crippen molar-refractivity contribution in [3.8, 4) is 17.0 Å². The summed E-state index contributed by atoms with van der Waals surface area (Å²) in [6.45, 7) is 0.183. The van der Waals surface area contributed by atoms with E-state index in [1.807, 2.05) is 29.6 Å². The van der Waals surface area contributed by atoms with Crippen molar-refractivity contribution in [2.45, 2.75) is 31.8 Å². The number of para-hydroxylation sites is 1. The molecule has 0 N–H and O–H groups in total. The van der Waals surface area contributed by atoms with Gasteiger partial charge in [-0.25, -0.2) is 4.98 Å². The lowest BCUT2D eigenvalue weighted by molar-refractivity contribution is -0.167. The van der Waals surface area contributed by atoms with Gasteiger partial charge < -0.3 is 9.47 Å². The lowest BCUT2D eigenvalue weighted by atomic mass is 9.68. The maximum atomic E-state index is 13.1. The minimum Gasteiger partial charge on any atom is -0.496 e. The Labute approximate surface area is 167 Å². The van der Waals surface area contributed by atoms with E-state index in [0.29, 0.717) is 5.92 Å². The first kappa shape index (κ1) is 17.8. The van der Waals surface area contributed by atoms with Gasteiger partial charge in [-0.1, -0.05) is 12.1 Å². The number of hydrogen-bond acceptors (Lipinski definition) is 6. The van der Waals surface area contributed by atoms with E-state index in [2.05, 4.69) is 0 Å². The van der Waals surface area contributed by atoms with Crippen molar-refractivity contribution < 1.29 is 19.1 Å². The molecular formula is C21H22N2O4S. The zero-order chi connectivity index (χ0) is 19.3. The van der Waals surface area contributed by atoms with Gasteiger partial charge in [0.1, 0.15) is 23.5 Å². The number of aromatic nitrogens is 1. The lowest BCUT2D eigenvalue weighted by Gasteiger charge is -2.42. The van der Waals surface area contributed by atoms with Crippen LogP contribution in [0.3, 0.4) is 0 Å². The topological polar surface area (TPSA) is 68.7 Å². The van der Waals surface area contributed by atoms with Crippen molar-refractivity contribution in [1.29, 1.82) is 0 Å². The second kappa shape index (κ2) is 6.67. The smallest absolute Gasteiger partial charge is 0.255 e. The molecule has 1 aromatic heterocycles. The van der Waals surface area contributed by atoms with Crippen molar-refractivity contribution in [2.75, 3.05) is 20.3 Å². The van der Waals surface area contributed by atoms with Crippen molar-refractivity contribution >= 4 is 23.2 Å². The van der Waals surface area contributed by atoms with E-state index < -0.39 is 0 Å². The average molecular weight is 398 g/mol. The van der Waals surface area contributed by atoms with Gasteiger partial charge in [-0.15, -0.1) is 11.3 Å². The Hall–Kier alpha value is -2.25. The maximum absolute atomic E-state index is 13.1. The van der Waals surface area contributed by atoms with E-state index >= 15 is 0 Å². The molecule has 4 fully saturated rings. The van der Waals surface area contributed by atoms with Crippen molar-refractivity contribution in [3.05, 3.63) is 34.7 Å². The Morgan fingerprint density at radius 1 is 1.36 bits per heavy atom. The number of fused-ring (bicyclic) bond motifs is 1. The van der Waals surface area contributed by atoms with E-state index in [9.17, 15) is 9.59 Å². The van der Waals surface area contributed by atoms with Gasteiger partial charge in [0.2, 0.25) is 5.91 Å². The van der Waals surface area contributed by atoms with Gasteiger partial charge in [0, 0.05) is 10.9 Å². The minimum atomic E-state index is -0.371. The monoisotopic (exact) mass is 398 g/mol. The molecule has 6 nitrogen and oxygen atoms in total. The number of thiazole rings is 1. The summed E-state index contributed by atoms with van der Waals surface area (Å²) in [5, 5.41) is 2.74. The van der Waals surface area contributed by atoms with E-state index in [0.717, 1.165) is 47.7 Å². The number of methoxy groups -OCH3 is 1. The molecule has 7 heteroatoms.